The fraction of sp³-hybridized carbons (Fsp3) is 0.263. The van der Waals surface area contributed by atoms with E-state index in [4.69, 9.17) is 10.5 Å². The van der Waals surface area contributed by atoms with Crippen molar-refractivity contribution in [2.45, 2.75) is 31.4 Å². The number of ether oxygens (including phenoxy) is 1. The predicted octanol–water partition coefficient (Wildman–Crippen LogP) is 2.23. The first-order valence-electron chi connectivity index (χ1n) is 8.06. The molecule has 1 unspecified atom stereocenters. The van der Waals surface area contributed by atoms with Gasteiger partial charge in [-0.2, -0.15) is 0 Å². The summed E-state index contributed by atoms with van der Waals surface area (Å²) in [7, 11) is 0. The Morgan fingerprint density at radius 3 is 2.31 bits per heavy atom. The van der Waals surface area contributed by atoms with E-state index in [1.807, 2.05) is 0 Å². The number of phenols is 2. The van der Waals surface area contributed by atoms with Gasteiger partial charge < -0.3 is 25.8 Å². The van der Waals surface area contributed by atoms with Crippen LogP contribution < -0.4 is 5.73 Å². The Hall–Kier alpha value is -3.06. The predicted molar refractivity (Wildman–Crippen MR) is 94.1 cm³/mol. The van der Waals surface area contributed by atoms with Crippen LogP contribution in [0.25, 0.3) is 0 Å². The SMILES string of the molecule is C[C@@H](CC(c1ccc(O)c(O)c1)[C@H](N)C(=O)O)OC(=O)c1ccccc1. The molecule has 138 valence electrons. The molecule has 0 fully saturated rings. The molecule has 26 heavy (non-hydrogen) atoms. The molecule has 0 saturated heterocycles. The molecule has 0 amide bonds. The number of hydrogen-bond acceptors (Lipinski definition) is 6. The maximum absolute atomic E-state index is 12.1. The van der Waals surface area contributed by atoms with Gasteiger partial charge in [0.2, 0.25) is 0 Å². The maximum Gasteiger partial charge on any atom is 0.338 e. The summed E-state index contributed by atoms with van der Waals surface area (Å²) < 4.78 is 5.37. The highest BCUT2D eigenvalue weighted by atomic mass is 16.5. The van der Waals surface area contributed by atoms with Crippen LogP contribution in [0.15, 0.2) is 48.5 Å². The number of hydrogen-bond donors (Lipinski definition) is 4. The molecular weight excluding hydrogens is 338 g/mol. The summed E-state index contributed by atoms with van der Waals surface area (Å²) in [5, 5.41) is 28.4. The topological polar surface area (TPSA) is 130 Å². The summed E-state index contributed by atoms with van der Waals surface area (Å²) in [5.41, 5.74) is 6.61. The average Bonchev–Trinajstić information content (AvgIpc) is 2.62. The van der Waals surface area contributed by atoms with Gasteiger partial charge in [-0.3, -0.25) is 4.79 Å². The van der Waals surface area contributed by atoms with Crippen molar-refractivity contribution >= 4 is 11.9 Å². The van der Waals surface area contributed by atoms with Crippen molar-refractivity contribution in [3.63, 3.8) is 0 Å². The largest absolute Gasteiger partial charge is 0.504 e. The van der Waals surface area contributed by atoms with E-state index in [0.29, 0.717) is 11.1 Å². The first kappa shape index (κ1) is 19.3. The standard InChI is InChI=1S/C19H21NO6/c1-11(26-19(25)12-5-3-2-4-6-12)9-14(17(20)18(23)24)13-7-8-15(21)16(22)10-13/h2-8,10-11,14,17,21-22H,9,20H2,1H3,(H,23,24)/t11-,14?,17-/m0/s1. The third-order valence-electron chi connectivity index (χ3n) is 4.05. The van der Waals surface area contributed by atoms with Gasteiger partial charge in [-0.25, -0.2) is 4.79 Å². The summed E-state index contributed by atoms with van der Waals surface area (Å²) >= 11 is 0. The highest BCUT2D eigenvalue weighted by Crippen LogP contribution is 2.32. The molecule has 0 spiro atoms. The molecule has 0 saturated carbocycles. The number of carbonyl (C=O) groups excluding carboxylic acids is 1. The quantitative estimate of drug-likeness (QED) is 0.440. The van der Waals surface area contributed by atoms with E-state index in [-0.39, 0.29) is 17.9 Å². The zero-order valence-electron chi connectivity index (χ0n) is 14.2. The van der Waals surface area contributed by atoms with Crippen LogP contribution in [0.5, 0.6) is 11.5 Å². The van der Waals surface area contributed by atoms with Crippen molar-refractivity contribution in [3.8, 4) is 11.5 Å². The van der Waals surface area contributed by atoms with E-state index in [0.717, 1.165) is 0 Å². The molecule has 0 heterocycles. The highest BCUT2D eigenvalue weighted by molar-refractivity contribution is 5.89. The molecule has 0 bridgehead atoms. The van der Waals surface area contributed by atoms with Crippen LogP contribution in [-0.4, -0.2) is 39.4 Å². The molecule has 0 radical (unpaired) electrons. The van der Waals surface area contributed by atoms with E-state index in [1.54, 1.807) is 37.3 Å². The van der Waals surface area contributed by atoms with E-state index in [1.165, 1.54) is 18.2 Å². The van der Waals surface area contributed by atoms with Gasteiger partial charge in [0.25, 0.3) is 0 Å². The second-order valence-corrected chi connectivity index (χ2v) is 6.04. The van der Waals surface area contributed by atoms with Gasteiger partial charge in [0, 0.05) is 5.92 Å². The number of rotatable bonds is 7. The van der Waals surface area contributed by atoms with E-state index >= 15 is 0 Å². The van der Waals surface area contributed by atoms with Crippen molar-refractivity contribution in [1.82, 2.24) is 0 Å². The Morgan fingerprint density at radius 1 is 1.08 bits per heavy atom. The Bertz CT molecular complexity index is 777. The average molecular weight is 359 g/mol. The number of benzene rings is 2. The molecule has 5 N–H and O–H groups in total. The molecule has 0 aromatic heterocycles. The first-order valence-corrected chi connectivity index (χ1v) is 8.06. The van der Waals surface area contributed by atoms with E-state index in [9.17, 15) is 24.9 Å². The number of aliphatic carboxylic acids is 1. The minimum atomic E-state index is -1.27. The summed E-state index contributed by atoms with van der Waals surface area (Å²) in [4.78, 5) is 23.5. The lowest BCUT2D eigenvalue weighted by atomic mass is 9.87. The third-order valence-corrected chi connectivity index (χ3v) is 4.05. The normalized spacial score (nSPS) is 14.2. The molecule has 2 aromatic carbocycles. The lowest BCUT2D eigenvalue weighted by Gasteiger charge is -2.25. The second kappa shape index (κ2) is 8.35. The Kier molecular flexibility index (Phi) is 6.19. The lowest BCUT2D eigenvalue weighted by Crippen LogP contribution is -2.38. The molecule has 2 rings (SSSR count). The Morgan fingerprint density at radius 2 is 1.73 bits per heavy atom. The third kappa shape index (κ3) is 4.73. The van der Waals surface area contributed by atoms with Crippen molar-refractivity contribution < 1.29 is 29.6 Å². The number of esters is 1. The number of carboxylic acids is 1. The Balaban J connectivity index is 2.16. The molecule has 0 aliphatic rings. The van der Waals surface area contributed by atoms with Gasteiger partial charge >= 0.3 is 11.9 Å². The molecule has 7 heteroatoms. The van der Waals surface area contributed by atoms with Gasteiger partial charge in [-0.1, -0.05) is 24.3 Å². The van der Waals surface area contributed by atoms with Crippen LogP contribution in [0.4, 0.5) is 0 Å². The summed E-state index contributed by atoms with van der Waals surface area (Å²) in [5.74, 6) is -3.16. The zero-order valence-corrected chi connectivity index (χ0v) is 14.2. The molecule has 3 atom stereocenters. The van der Waals surface area contributed by atoms with Crippen LogP contribution in [-0.2, 0) is 9.53 Å². The number of carbonyl (C=O) groups is 2. The van der Waals surface area contributed by atoms with Crippen LogP contribution in [0.3, 0.4) is 0 Å². The van der Waals surface area contributed by atoms with Crippen LogP contribution in [0, 0.1) is 0 Å². The van der Waals surface area contributed by atoms with Crippen molar-refractivity contribution in [3.05, 3.63) is 59.7 Å². The molecule has 2 aromatic rings. The van der Waals surface area contributed by atoms with Crippen LogP contribution in [0.2, 0.25) is 0 Å². The highest BCUT2D eigenvalue weighted by Gasteiger charge is 2.29. The van der Waals surface area contributed by atoms with Gasteiger partial charge in [0.15, 0.2) is 11.5 Å². The molecule has 7 nitrogen and oxygen atoms in total. The molecular formula is C19H21NO6. The van der Waals surface area contributed by atoms with Gasteiger partial charge in [0.05, 0.1) is 5.56 Å². The fourth-order valence-corrected chi connectivity index (χ4v) is 2.66. The smallest absolute Gasteiger partial charge is 0.338 e. The van der Waals surface area contributed by atoms with Crippen molar-refractivity contribution in [1.29, 1.82) is 0 Å². The first-order chi connectivity index (χ1) is 12.3. The second-order valence-electron chi connectivity index (χ2n) is 6.04. The van der Waals surface area contributed by atoms with Gasteiger partial charge in [-0.15, -0.1) is 0 Å². The van der Waals surface area contributed by atoms with Gasteiger partial charge in [0.1, 0.15) is 12.1 Å². The summed E-state index contributed by atoms with van der Waals surface area (Å²) in [6.07, 6.45) is -0.481. The molecule has 0 aliphatic heterocycles. The lowest BCUT2D eigenvalue weighted by molar-refractivity contribution is -0.139. The molecule has 0 aliphatic carbocycles. The number of phenolic OH excluding ortho intramolecular Hbond substituents is 2. The van der Waals surface area contributed by atoms with E-state index < -0.39 is 30.0 Å². The number of nitrogens with two attached hydrogens (primary N) is 1. The maximum atomic E-state index is 12.1. The summed E-state index contributed by atoms with van der Waals surface area (Å²) in [6, 6.07) is 11.2. The minimum Gasteiger partial charge on any atom is -0.504 e. The van der Waals surface area contributed by atoms with Crippen LogP contribution >= 0.6 is 0 Å². The minimum absolute atomic E-state index is 0.135. The van der Waals surface area contributed by atoms with Gasteiger partial charge in [-0.05, 0) is 43.2 Å². The van der Waals surface area contributed by atoms with Crippen molar-refractivity contribution in [2.24, 2.45) is 5.73 Å². The fourth-order valence-electron chi connectivity index (χ4n) is 2.66. The van der Waals surface area contributed by atoms with E-state index in [2.05, 4.69) is 0 Å². The van der Waals surface area contributed by atoms with Crippen molar-refractivity contribution in [2.75, 3.05) is 0 Å². The Labute approximate surface area is 150 Å². The number of aromatic hydroxyl groups is 2. The number of carboxylic acid groups (broad SMARTS) is 1. The zero-order chi connectivity index (χ0) is 19.3. The summed E-state index contributed by atoms with van der Waals surface area (Å²) in [6.45, 7) is 1.64. The monoisotopic (exact) mass is 359 g/mol. The van der Waals surface area contributed by atoms with Crippen LogP contribution in [0.1, 0.15) is 35.2 Å².